The molecule has 262 valence electrons. The van der Waals surface area contributed by atoms with E-state index >= 15 is 0 Å². The fraction of sp³-hybridized carbons (Fsp3) is 0.759. The Morgan fingerprint density at radius 1 is 0.674 bits per heavy atom. The molecule has 7 amide bonds. The Bertz CT molecular complexity index is 1060. The maximum Gasteiger partial charge on any atom is 0.245 e. The number of likely N-dealkylation sites (N-methyl/N-ethyl adjacent to an activating group) is 1. The van der Waals surface area contributed by atoms with E-state index in [-0.39, 0.29) is 77.0 Å². The van der Waals surface area contributed by atoms with Gasteiger partial charge in [-0.3, -0.25) is 33.6 Å². The molecule has 0 aromatic carbocycles. The second kappa shape index (κ2) is 21.1. The molecule has 17 heteroatoms. The summed E-state index contributed by atoms with van der Waals surface area (Å²) in [7, 11) is 1.39. The fourth-order valence-electron chi connectivity index (χ4n) is 4.82. The summed E-state index contributed by atoms with van der Waals surface area (Å²) < 4.78 is 0. The van der Waals surface area contributed by atoms with E-state index in [1.165, 1.54) is 7.05 Å². The van der Waals surface area contributed by atoms with E-state index in [0.29, 0.717) is 0 Å². The van der Waals surface area contributed by atoms with Crippen molar-refractivity contribution in [3.8, 4) is 0 Å². The molecule has 1 saturated heterocycles. The van der Waals surface area contributed by atoms with Gasteiger partial charge in [-0.05, 0) is 64.1 Å². The Hall–Kier alpha value is -3.83. The van der Waals surface area contributed by atoms with Crippen molar-refractivity contribution in [1.82, 2.24) is 36.8 Å². The molecule has 0 aromatic heterocycles. The summed E-state index contributed by atoms with van der Waals surface area (Å²) >= 11 is 0. The lowest BCUT2D eigenvalue weighted by Gasteiger charge is -2.27. The van der Waals surface area contributed by atoms with Crippen LogP contribution in [0.1, 0.15) is 65.7 Å². The van der Waals surface area contributed by atoms with Crippen molar-refractivity contribution in [2.45, 2.75) is 95.9 Å². The zero-order valence-electron chi connectivity index (χ0n) is 27.5. The van der Waals surface area contributed by atoms with Crippen LogP contribution < -0.4 is 49.1 Å². The van der Waals surface area contributed by atoms with Crippen LogP contribution in [0.3, 0.4) is 0 Å². The van der Waals surface area contributed by atoms with Gasteiger partial charge in [0.15, 0.2) is 0 Å². The van der Waals surface area contributed by atoms with Crippen LogP contribution in [-0.4, -0.2) is 116 Å². The smallest absolute Gasteiger partial charge is 0.245 e. The lowest BCUT2D eigenvalue weighted by atomic mass is 10.0. The van der Waals surface area contributed by atoms with Crippen molar-refractivity contribution >= 4 is 41.4 Å². The zero-order chi connectivity index (χ0) is 34.8. The Labute approximate surface area is 270 Å². The second-order valence-electron chi connectivity index (χ2n) is 11.8. The number of carbonyl (C=O) groups excluding carboxylic acids is 7. The van der Waals surface area contributed by atoms with Crippen LogP contribution in [-0.2, 0) is 33.6 Å². The standard InChI is InChI=1S/C29H54N10O7/c1-5-18-25(42)33-14-6-7-23(40)34-21(10-13-32)29(46)39(4)16-24(41)35-22(15-17(2)3)28(45)38-20(9-12-31)27(44)37-19(8-11-30)26(43)36-18/h17-22H,5-16,30-32H2,1-4H3,(H,33,42)(H,34,40)(H,35,41)(H,36,43)(H,37,44)(H,38,45). The van der Waals surface area contributed by atoms with Crippen LogP contribution in [0.2, 0.25) is 0 Å². The highest BCUT2D eigenvalue weighted by Gasteiger charge is 2.32. The molecule has 5 atom stereocenters. The van der Waals surface area contributed by atoms with Gasteiger partial charge in [0.2, 0.25) is 41.4 Å². The summed E-state index contributed by atoms with van der Waals surface area (Å²) in [6.45, 7) is 5.28. The van der Waals surface area contributed by atoms with Gasteiger partial charge < -0.3 is 54.0 Å². The highest BCUT2D eigenvalue weighted by Crippen LogP contribution is 2.08. The van der Waals surface area contributed by atoms with Crippen LogP contribution in [0.25, 0.3) is 0 Å². The minimum absolute atomic E-state index is 0.0114. The Morgan fingerprint density at radius 2 is 1.15 bits per heavy atom. The topological polar surface area (TPSA) is 273 Å². The monoisotopic (exact) mass is 654 g/mol. The summed E-state index contributed by atoms with van der Waals surface area (Å²) in [5.74, 6) is -4.12. The first-order valence-electron chi connectivity index (χ1n) is 15.9. The van der Waals surface area contributed by atoms with Gasteiger partial charge in [-0.2, -0.15) is 0 Å². The average molecular weight is 655 g/mol. The Kier molecular flexibility index (Phi) is 18.4. The maximum atomic E-state index is 13.4. The molecule has 0 aliphatic carbocycles. The molecule has 1 aliphatic heterocycles. The SMILES string of the molecule is CCC1NC(=O)C(CCN)NC(=O)C(CCN)NC(=O)C(CC(C)C)NC(=O)CN(C)C(=O)C(CCN)NC(=O)CCCNC1=O. The lowest BCUT2D eigenvalue weighted by Crippen LogP contribution is -2.59. The Morgan fingerprint density at radius 3 is 1.65 bits per heavy atom. The van der Waals surface area contributed by atoms with Crippen LogP contribution >= 0.6 is 0 Å². The van der Waals surface area contributed by atoms with Crippen molar-refractivity contribution in [2.75, 3.05) is 39.8 Å². The van der Waals surface area contributed by atoms with Gasteiger partial charge in [-0.1, -0.05) is 20.8 Å². The molecule has 1 fully saturated rings. The largest absolute Gasteiger partial charge is 0.354 e. The van der Waals surface area contributed by atoms with Crippen LogP contribution in [0.15, 0.2) is 0 Å². The quantitative estimate of drug-likeness (QED) is 0.117. The van der Waals surface area contributed by atoms with E-state index in [2.05, 4.69) is 31.9 Å². The molecule has 0 spiro atoms. The van der Waals surface area contributed by atoms with Gasteiger partial charge in [0.25, 0.3) is 0 Å². The van der Waals surface area contributed by atoms with Crippen molar-refractivity contribution in [3.63, 3.8) is 0 Å². The second-order valence-corrected chi connectivity index (χ2v) is 11.8. The zero-order valence-corrected chi connectivity index (χ0v) is 27.5. The highest BCUT2D eigenvalue weighted by molar-refractivity contribution is 5.96. The lowest BCUT2D eigenvalue weighted by molar-refractivity contribution is -0.139. The summed E-state index contributed by atoms with van der Waals surface area (Å²) in [5, 5.41) is 15.8. The molecule has 5 unspecified atom stereocenters. The molecule has 0 aromatic rings. The molecule has 12 N–H and O–H groups in total. The van der Waals surface area contributed by atoms with Crippen molar-refractivity contribution in [1.29, 1.82) is 0 Å². The third-order valence-electron chi connectivity index (χ3n) is 7.30. The van der Waals surface area contributed by atoms with Crippen LogP contribution in [0, 0.1) is 5.92 Å². The molecular formula is C29H54N10O7. The summed E-state index contributed by atoms with van der Waals surface area (Å²) in [4.78, 5) is 92.5. The number of nitrogens with one attached hydrogen (secondary N) is 6. The fourth-order valence-corrected chi connectivity index (χ4v) is 4.82. The van der Waals surface area contributed by atoms with Crippen molar-refractivity contribution < 1.29 is 33.6 Å². The van der Waals surface area contributed by atoms with Gasteiger partial charge in [0, 0.05) is 20.0 Å². The van der Waals surface area contributed by atoms with Gasteiger partial charge in [-0.15, -0.1) is 0 Å². The maximum absolute atomic E-state index is 13.4. The molecule has 0 radical (unpaired) electrons. The van der Waals surface area contributed by atoms with Crippen molar-refractivity contribution in [3.05, 3.63) is 0 Å². The predicted octanol–water partition coefficient (Wildman–Crippen LogP) is -3.72. The highest BCUT2D eigenvalue weighted by atomic mass is 16.2. The third-order valence-corrected chi connectivity index (χ3v) is 7.30. The summed E-state index contributed by atoms with van der Waals surface area (Å²) in [5.41, 5.74) is 17.1. The predicted molar refractivity (Wildman–Crippen MR) is 170 cm³/mol. The minimum atomic E-state index is -1.14. The summed E-state index contributed by atoms with van der Waals surface area (Å²) in [6, 6.07) is -5.23. The summed E-state index contributed by atoms with van der Waals surface area (Å²) in [6.07, 6.45) is 0.904. The number of nitrogens with two attached hydrogens (primary N) is 3. The number of hydrogen-bond donors (Lipinski definition) is 9. The van der Waals surface area contributed by atoms with E-state index in [1.54, 1.807) is 6.92 Å². The number of amides is 7. The number of rotatable bonds is 9. The normalized spacial score (nSPS) is 25.6. The molecule has 0 saturated carbocycles. The first kappa shape index (κ1) is 40.2. The first-order chi connectivity index (χ1) is 21.8. The molecule has 1 rings (SSSR count). The van der Waals surface area contributed by atoms with Gasteiger partial charge >= 0.3 is 0 Å². The van der Waals surface area contributed by atoms with E-state index < -0.39 is 78.1 Å². The molecule has 46 heavy (non-hydrogen) atoms. The van der Waals surface area contributed by atoms with E-state index in [0.717, 1.165) is 4.90 Å². The van der Waals surface area contributed by atoms with Gasteiger partial charge in [0.1, 0.15) is 30.2 Å². The first-order valence-corrected chi connectivity index (χ1v) is 15.9. The van der Waals surface area contributed by atoms with E-state index in [9.17, 15) is 33.6 Å². The molecular weight excluding hydrogens is 600 g/mol. The van der Waals surface area contributed by atoms with Gasteiger partial charge in [-0.25, -0.2) is 0 Å². The van der Waals surface area contributed by atoms with Crippen molar-refractivity contribution in [2.24, 2.45) is 23.1 Å². The van der Waals surface area contributed by atoms with E-state index in [1.807, 2.05) is 13.8 Å². The number of carbonyl (C=O) groups is 7. The third kappa shape index (κ3) is 14.1. The number of nitrogens with zero attached hydrogens (tertiary/aromatic N) is 1. The molecule has 1 heterocycles. The molecule has 1 aliphatic rings. The average Bonchev–Trinajstić information content (AvgIpc) is 2.99. The Balaban J connectivity index is 3.38. The van der Waals surface area contributed by atoms with Crippen LogP contribution in [0.4, 0.5) is 0 Å². The van der Waals surface area contributed by atoms with Crippen LogP contribution in [0.5, 0.6) is 0 Å². The molecule has 0 bridgehead atoms. The minimum Gasteiger partial charge on any atom is -0.354 e. The molecule has 17 nitrogen and oxygen atoms in total. The number of hydrogen-bond acceptors (Lipinski definition) is 10. The van der Waals surface area contributed by atoms with E-state index in [4.69, 9.17) is 17.2 Å². The van der Waals surface area contributed by atoms with Gasteiger partial charge in [0.05, 0.1) is 6.54 Å².